The molecule has 1 aromatic rings. The molecule has 1 aromatic heterocycles. The van der Waals surface area contributed by atoms with E-state index in [4.69, 9.17) is 10.4 Å². The zero-order valence-corrected chi connectivity index (χ0v) is 11.2. The smallest absolute Gasteiger partial charge is 0.303 e. The Labute approximate surface area is 117 Å². The maximum Gasteiger partial charge on any atom is 0.303 e. The summed E-state index contributed by atoms with van der Waals surface area (Å²) < 4.78 is 0. The van der Waals surface area contributed by atoms with Gasteiger partial charge in [0.25, 0.3) is 0 Å². The molecule has 5 heteroatoms. The highest BCUT2D eigenvalue weighted by Crippen LogP contribution is 2.42. The minimum Gasteiger partial charge on any atom is -0.481 e. The molecule has 0 amide bonds. The third-order valence-corrected chi connectivity index (χ3v) is 4.45. The molecule has 3 rings (SSSR count). The average Bonchev–Trinajstić information content (AvgIpc) is 2.70. The lowest BCUT2D eigenvalue weighted by atomic mass is 9.88. The maximum atomic E-state index is 10.9. The fraction of sp³-hybridized carbons (Fsp3) is 0.533. The van der Waals surface area contributed by atoms with Crippen molar-refractivity contribution in [1.82, 2.24) is 4.98 Å². The lowest BCUT2D eigenvalue weighted by Crippen LogP contribution is -2.43. The second-order valence-electron chi connectivity index (χ2n) is 5.74. The number of carbonyl (C=O) groups is 1. The molecule has 0 aliphatic carbocycles. The van der Waals surface area contributed by atoms with E-state index in [-0.39, 0.29) is 6.42 Å². The van der Waals surface area contributed by atoms with Gasteiger partial charge in [-0.25, -0.2) is 4.98 Å². The number of anilines is 1. The number of pyridine rings is 1. The Morgan fingerprint density at radius 2 is 2.10 bits per heavy atom. The minimum absolute atomic E-state index is 0.284. The quantitative estimate of drug-likeness (QED) is 0.911. The SMILES string of the molecule is N#Cc1ccc(N2C3CCC2CC(CC(=O)O)C3)cn1. The van der Waals surface area contributed by atoms with Gasteiger partial charge in [-0.15, -0.1) is 0 Å². The molecule has 0 spiro atoms. The average molecular weight is 271 g/mol. The number of nitrogens with zero attached hydrogens (tertiary/aromatic N) is 3. The Kier molecular flexibility index (Phi) is 3.31. The molecular weight excluding hydrogens is 254 g/mol. The van der Waals surface area contributed by atoms with Crippen LogP contribution in [-0.4, -0.2) is 28.1 Å². The third kappa shape index (κ3) is 2.34. The Morgan fingerprint density at radius 1 is 1.40 bits per heavy atom. The predicted octanol–water partition coefficient (Wildman–Crippen LogP) is 2.18. The fourth-order valence-corrected chi connectivity index (χ4v) is 3.73. The molecular formula is C15H17N3O2. The third-order valence-electron chi connectivity index (χ3n) is 4.45. The molecule has 3 heterocycles. The molecule has 0 radical (unpaired) electrons. The molecule has 2 saturated heterocycles. The van der Waals surface area contributed by atoms with E-state index >= 15 is 0 Å². The number of nitriles is 1. The molecule has 2 atom stereocenters. The van der Waals surface area contributed by atoms with Gasteiger partial charge in [0.2, 0.25) is 0 Å². The van der Waals surface area contributed by atoms with Gasteiger partial charge in [0.05, 0.1) is 11.9 Å². The molecule has 104 valence electrons. The van der Waals surface area contributed by atoms with Gasteiger partial charge < -0.3 is 10.0 Å². The minimum atomic E-state index is -0.692. The van der Waals surface area contributed by atoms with Crippen LogP contribution in [0, 0.1) is 17.2 Å². The summed E-state index contributed by atoms with van der Waals surface area (Å²) in [4.78, 5) is 17.4. The van der Waals surface area contributed by atoms with Crippen LogP contribution in [0.4, 0.5) is 5.69 Å². The van der Waals surface area contributed by atoms with Crippen molar-refractivity contribution in [1.29, 1.82) is 5.26 Å². The number of aromatic nitrogens is 1. The van der Waals surface area contributed by atoms with Crippen LogP contribution >= 0.6 is 0 Å². The lowest BCUT2D eigenvalue weighted by molar-refractivity contribution is -0.138. The molecule has 0 aromatic carbocycles. The van der Waals surface area contributed by atoms with Gasteiger partial charge in [0.15, 0.2) is 0 Å². The summed E-state index contributed by atoms with van der Waals surface area (Å²) >= 11 is 0. The summed E-state index contributed by atoms with van der Waals surface area (Å²) in [6.45, 7) is 0. The van der Waals surface area contributed by atoms with Gasteiger partial charge >= 0.3 is 5.97 Å². The van der Waals surface area contributed by atoms with E-state index in [1.54, 1.807) is 12.3 Å². The topological polar surface area (TPSA) is 77.2 Å². The first-order chi connectivity index (χ1) is 9.67. The first kappa shape index (κ1) is 12.9. The lowest BCUT2D eigenvalue weighted by Gasteiger charge is -2.40. The second-order valence-corrected chi connectivity index (χ2v) is 5.74. The van der Waals surface area contributed by atoms with E-state index < -0.39 is 5.97 Å². The molecule has 2 aliphatic rings. The van der Waals surface area contributed by atoms with Gasteiger partial charge in [0, 0.05) is 18.5 Å². The zero-order valence-electron chi connectivity index (χ0n) is 11.2. The normalized spacial score (nSPS) is 28.1. The Balaban J connectivity index is 1.76. The van der Waals surface area contributed by atoms with Crippen molar-refractivity contribution in [2.45, 2.75) is 44.2 Å². The molecule has 2 bridgehead atoms. The number of aliphatic carboxylic acids is 1. The molecule has 1 N–H and O–H groups in total. The van der Waals surface area contributed by atoms with Crippen molar-refractivity contribution in [2.75, 3.05) is 4.90 Å². The van der Waals surface area contributed by atoms with E-state index in [9.17, 15) is 4.79 Å². The molecule has 20 heavy (non-hydrogen) atoms. The monoisotopic (exact) mass is 271 g/mol. The van der Waals surface area contributed by atoms with Crippen LogP contribution in [0.15, 0.2) is 18.3 Å². The van der Waals surface area contributed by atoms with Crippen molar-refractivity contribution >= 4 is 11.7 Å². The van der Waals surface area contributed by atoms with Crippen LogP contribution < -0.4 is 4.90 Å². The van der Waals surface area contributed by atoms with Gasteiger partial charge in [-0.3, -0.25) is 4.79 Å². The van der Waals surface area contributed by atoms with E-state index in [2.05, 4.69) is 9.88 Å². The van der Waals surface area contributed by atoms with Crippen LogP contribution in [0.2, 0.25) is 0 Å². The van der Waals surface area contributed by atoms with Gasteiger partial charge in [0.1, 0.15) is 11.8 Å². The first-order valence-corrected chi connectivity index (χ1v) is 7.03. The second kappa shape index (κ2) is 5.12. The Bertz CT molecular complexity index is 535. The van der Waals surface area contributed by atoms with E-state index in [1.165, 1.54) is 0 Å². The van der Waals surface area contributed by atoms with Crippen molar-refractivity contribution in [3.63, 3.8) is 0 Å². The van der Waals surface area contributed by atoms with Crippen molar-refractivity contribution in [3.8, 4) is 6.07 Å². The van der Waals surface area contributed by atoms with Gasteiger partial charge in [-0.2, -0.15) is 5.26 Å². The van der Waals surface area contributed by atoms with Crippen LogP contribution in [0.3, 0.4) is 0 Å². The summed E-state index contributed by atoms with van der Waals surface area (Å²) in [5.74, 6) is -0.393. The molecule has 0 saturated carbocycles. The number of carboxylic acid groups (broad SMARTS) is 1. The number of hydrogen-bond acceptors (Lipinski definition) is 4. The van der Waals surface area contributed by atoms with Gasteiger partial charge in [-0.05, 0) is 43.7 Å². The first-order valence-electron chi connectivity index (χ1n) is 7.03. The highest BCUT2D eigenvalue weighted by atomic mass is 16.4. The van der Waals surface area contributed by atoms with E-state index in [0.29, 0.717) is 23.7 Å². The van der Waals surface area contributed by atoms with Crippen molar-refractivity contribution < 1.29 is 9.90 Å². The number of carboxylic acids is 1. The number of piperidine rings is 1. The number of hydrogen-bond donors (Lipinski definition) is 1. The summed E-state index contributed by atoms with van der Waals surface area (Å²) in [6, 6.07) is 6.58. The fourth-order valence-electron chi connectivity index (χ4n) is 3.73. The Morgan fingerprint density at radius 3 is 2.60 bits per heavy atom. The van der Waals surface area contributed by atoms with Crippen LogP contribution in [-0.2, 0) is 4.79 Å². The molecule has 2 aliphatic heterocycles. The summed E-state index contributed by atoms with van der Waals surface area (Å²) in [5, 5.41) is 17.7. The summed E-state index contributed by atoms with van der Waals surface area (Å²) in [5.41, 5.74) is 1.49. The van der Waals surface area contributed by atoms with E-state index in [0.717, 1.165) is 31.4 Å². The molecule has 2 unspecified atom stereocenters. The summed E-state index contributed by atoms with van der Waals surface area (Å²) in [7, 11) is 0. The summed E-state index contributed by atoms with van der Waals surface area (Å²) in [6.07, 6.45) is 6.20. The van der Waals surface area contributed by atoms with Crippen LogP contribution in [0.25, 0.3) is 0 Å². The van der Waals surface area contributed by atoms with Crippen molar-refractivity contribution in [2.24, 2.45) is 5.92 Å². The van der Waals surface area contributed by atoms with Crippen LogP contribution in [0.5, 0.6) is 0 Å². The predicted molar refractivity (Wildman–Crippen MR) is 73.2 cm³/mol. The van der Waals surface area contributed by atoms with Crippen LogP contribution in [0.1, 0.15) is 37.8 Å². The molecule has 2 fully saturated rings. The zero-order chi connectivity index (χ0) is 14.1. The number of rotatable bonds is 3. The number of fused-ring (bicyclic) bond motifs is 2. The maximum absolute atomic E-state index is 10.9. The molecule has 5 nitrogen and oxygen atoms in total. The Hall–Kier alpha value is -2.09. The highest BCUT2D eigenvalue weighted by molar-refractivity contribution is 5.67. The van der Waals surface area contributed by atoms with Crippen molar-refractivity contribution in [3.05, 3.63) is 24.0 Å². The van der Waals surface area contributed by atoms with Gasteiger partial charge in [-0.1, -0.05) is 0 Å². The highest BCUT2D eigenvalue weighted by Gasteiger charge is 2.41. The largest absolute Gasteiger partial charge is 0.481 e. The standard InChI is InChI=1S/C15H17N3O2/c16-8-11-1-2-14(9-17-11)18-12-3-4-13(18)6-10(5-12)7-15(19)20/h1-2,9-10,12-13H,3-7H2,(H,19,20). The van der Waals surface area contributed by atoms with E-state index in [1.807, 2.05) is 12.1 Å².